The lowest BCUT2D eigenvalue weighted by molar-refractivity contribution is 0.0742. The number of methoxy groups -OCH3 is 1. The molecule has 0 radical (unpaired) electrons. The van der Waals surface area contributed by atoms with Gasteiger partial charge in [-0.15, -0.1) is 0 Å². The lowest BCUT2D eigenvalue weighted by Crippen LogP contribution is -2.29. The molecule has 5 heteroatoms. The summed E-state index contributed by atoms with van der Waals surface area (Å²) in [5.74, 6) is -2.01. The van der Waals surface area contributed by atoms with E-state index in [-0.39, 0.29) is 11.9 Å². The fourth-order valence-corrected chi connectivity index (χ4v) is 2.34. The molecule has 0 aromatic heterocycles. The molecule has 0 saturated carbocycles. The van der Waals surface area contributed by atoms with Crippen molar-refractivity contribution in [3.8, 4) is 0 Å². The second kappa shape index (κ2) is 7.33. The van der Waals surface area contributed by atoms with E-state index in [2.05, 4.69) is 0 Å². The summed E-state index contributed by atoms with van der Waals surface area (Å²) in [6.45, 7) is 2.19. The van der Waals surface area contributed by atoms with Crippen LogP contribution in [0.15, 0.2) is 42.5 Å². The summed E-state index contributed by atoms with van der Waals surface area (Å²) in [5.41, 5.74) is 1.96. The van der Waals surface area contributed by atoms with Gasteiger partial charge < -0.3 is 9.64 Å². The van der Waals surface area contributed by atoms with E-state index < -0.39 is 11.6 Å². The third-order valence-corrected chi connectivity index (χ3v) is 3.81. The molecular weight excluding hydrogens is 300 g/mol. The van der Waals surface area contributed by atoms with E-state index in [4.69, 9.17) is 4.74 Å². The van der Waals surface area contributed by atoms with Crippen LogP contribution in [0.2, 0.25) is 0 Å². The number of carbonyl (C=O) groups excluding carboxylic acids is 1. The van der Waals surface area contributed by atoms with Gasteiger partial charge >= 0.3 is 0 Å². The fraction of sp³-hybridized carbons (Fsp3) is 0.278. The van der Waals surface area contributed by atoms with Gasteiger partial charge in [-0.2, -0.15) is 0 Å². The number of carbonyl (C=O) groups is 1. The number of rotatable bonds is 5. The number of benzene rings is 2. The molecule has 0 fully saturated rings. The van der Waals surface area contributed by atoms with Crippen molar-refractivity contribution < 1.29 is 18.3 Å². The molecule has 3 nitrogen and oxygen atoms in total. The van der Waals surface area contributed by atoms with Crippen LogP contribution in [0.3, 0.4) is 0 Å². The molecule has 1 atom stereocenters. The number of halogens is 2. The maximum Gasteiger partial charge on any atom is 0.254 e. The normalized spacial score (nSPS) is 12.0. The Hall–Kier alpha value is -2.27. The van der Waals surface area contributed by atoms with E-state index in [1.165, 1.54) is 11.0 Å². The first kappa shape index (κ1) is 17.1. The lowest BCUT2D eigenvalue weighted by Gasteiger charge is -2.25. The van der Waals surface area contributed by atoms with Gasteiger partial charge in [-0.3, -0.25) is 4.79 Å². The summed E-state index contributed by atoms with van der Waals surface area (Å²) in [5, 5.41) is 0. The van der Waals surface area contributed by atoms with Gasteiger partial charge in [0.25, 0.3) is 5.91 Å². The molecule has 23 heavy (non-hydrogen) atoms. The second-order valence-corrected chi connectivity index (χ2v) is 5.40. The molecule has 122 valence electrons. The van der Waals surface area contributed by atoms with Crippen molar-refractivity contribution in [2.75, 3.05) is 14.2 Å². The van der Waals surface area contributed by atoms with Crippen LogP contribution < -0.4 is 0 Å². The second-order valence-electron chi connectivity index (χ2n) is 5.40. The molecule has 2 aromatic rings. The third kappa shape index (κ3) is 3.93. The quantitative estimate of drug-likeness (QED) is 0.835. The number of hydrogen-bond acceptors (Lipinski definition) is 2. The predicted octanol–water partition coefficient (Wildman–Crippen LogP) is 3.94. The van der Waals surface area contributed by atoms with Gasteiger partial charge in [0.15, 0.2) is 11.6 Å². The predicted molar refractivity (Wildman–Crippen MR) is 84.0 cm³/mol. The molecule has 0 spiro atoms. The van der Waals surface area contributed by atoms with Gasteiger partial charge in [0.1, 0.15) is 0 Å². The van der Waals surface area contributed by atoms with Gasteiger partial charge in [0.2, 0.25) is 0 Å². The number of hydrogen-bond donors (Lipinski definition) is 0. The molecule has 2 rings (SSSR count). The summed E-state index contributed by atoms with van der Waals surface area (Å²) in [4.78, 5) is 14.1. The zero-order valence-corrected chi connectivity index (χ0v) is 13.3. The Labute approximate surface area is 134 Å². The van der Waals surface area contributed by atoms with Crippen LogP contribution in [0.25, 0.3) is 0 Å². The maximum absolute atomic E-state index is 13.4. The van der Waals surface area contributed by atoms with E-state index in [0.717, 1.165) is 17.7 Å². The van der Waals surface area contributed by atoms with Gasteiger partial charge in [-0.05, 0) is 42.3 Å². The van der Waals surface area contributed by atoms with Crippen LogP contribution in [0, 0.1) is 11.6 Å². The summed E-state index contributed by atoms with van der Waals surface area (Å²) in [6, 6.07) is 10.4. The minimum Gasteiger partial charge on any atom is -0.380 e. The summed E-state index contributed by atoms with van der Waals surface area (Å²) in [7, 11) is 3.23. The largest absolute Gasteiger partial charge is 0.380 e. The molecule has 0 aliphatic heterocycles. The maximum atomic E-state index is 13.4. The minimum atomic E-state index is -0.919. The van der Waals surface area contributed by atoms with Crippen molar-refractivity contribution in [2.45, 2.75) is 19.6 Å². The Morgan fingerprint density at radius 3 is 2.57 bits per heavy atom. The Balaban J connectivity index is 2.21. The molecule has 0 heterocycles. The van der Waals surface area contributed by atoms with Gasteiger partial charge in [-0.1, -0.05) is 18.2 Å². The van der Waals surface area contributed by atoms with Crippen molar-refractivity contribution in [2.24, 2.45) is 0 Å². The molecule has 0 N–H and O–H groups in total. The van der Waals surface area contributed by atoms with Gasteiger partial charge in [0.05, 0.1) is 12.6 Å². The summed E-state index contributed by atoms with van der Waals surface area (Å²) >= 11 is 0. The Kier molecular flexibility index (Phi) is 5.45. The highest BCUT2D eigenvalue weighted by atomic mass is 19.2. The highest BCUT2D eigenvalue weighted by molar-refractivity contribution is 5.94. The first-order valence-corrected chi connectivity index (χ1v) is 7.24. The van der Waals surface area contributed by atoms with Gasteiger partial charge in [0, 0.05) is 19.7 Å². The van der Waals surface area contributed by atoms with Crippen molar-refractivity contribution in [1.82, 2.24) is 4.90 Å². The molecule has 0 bridgehead atoms. The average molecular weight is 319 g/mol. The van der Waals surface area contributed by atoms with Crippen molar-refractivity contribution >= 4 is 5.91 Å². The van der Waals surface area contributed by atoms with E-state index in [9.17, 15) is 13.6 Å². The number of ether oxygens (including phenoxy) is 1. The average Bonchev–Trinajstić information content (AvgIpc) is 2.56. The van der Waals surface area contributed by atoms with E-state index >= 15 is 0 Å². The van der Waals surface area contributed by atoms with Crippen molar-refractivity contribution in [3.05, 3.63) is 70.8 Å². The number of amides is 1. The summed E-state index contributed by atoms with van der Waals surface area (Å²) in [6.07, 6.45) is 0. The van der Waals surface area contributed by atoms with Crippen LogP contribution in [0.1, 0.15) is 34.5 Å². The SMILES string of the molecule is COCc1cccc(C(=O)N(C)C(C)c2ccc(F)c(F)c2)c1. The zero-order valence-electron chi connectivity index (χ0n) is 13.3. The van der Waals surface area contributed by atoms with Crippen LogP contribution in [0.4, 0.5) is 8.78 Å². The first-order chi connectivity index (χ1) is 10.9. The van der Waals surface area contributed by atoms with E-state index in [1.807, 2.05) is 6.07 Å². The molecule has 1 amide bonds. The van der Waals surface area contributed by atoms with Crippen molar-refractivity contribution in [3.63, 3.8) is 0 Å². The number of nitrogens with zero attached hydrogens (tertiary/aromatic N) is 1. The third-order valence-electron chi connectivity index (χ3n) is 3.81. The Morgan fingerprint density at radius 2 is 1.91 bits per heavy atom. The molecule has 2 aromatic carbocycles. The molecule has 0 aliphatic rings. The van der Waals surface area contributed by atoms with Crippen molar-refractivity contribution in [1.29, 1.82) is 0 Å². The standard InChI is InChI=1S/C18H19F2NO2/c1-12(14-7-8-16(19)17(20)10-14)21(2)18(22)15-6-4-5-13(9-15)11-23-3/h4-10,12H,11H2,1-3H3. The molecular formula is C18H19F2NO2. The van der Waals surface area contributed by atoms with Crippen LogP contribution in [-0.2, 0) is 11.3 Å². The van der Waals surface area contributed by atoms with Crippen LogP contribution in [0.5, 0.6) is 0 Å². The van der Waals surface area contributed by atoms with E-state index in [0.29, 0.717) is 17.7 Å². The Bertz CT molecular complexity index is 703. The topological polar surface area (TPSA) is 29.5 Å². The molecule has 0 saturated heterocycles. The highest BCUT2D eigenvalue weighted by Gasteiger charge is 2.20. The lowest BCUT2D eigenvalue weighted by atomic mass is 10.0. The van der Waals surface area contributed by atoms with Gasteiger partial charge in [-0.25, -0.2) is 8.78 Å². The van der Waals surface area contributed by atoms with Crippen LogP contribution >= 0.6 is 0 Å². The smallest absolute Gasteiger partial charge is 0.254 e. The van der Waals surface area contributed by atoms with Crippen LogP contribution in [-0.4, -0.2) is 25.0 Å². The zero-order chi connectivity index (χ0) is 17.0. The monoisotopic (exact) mass is 319 g/mol. The Morgan fingerprint density at radius 1 is 1.17 bits per heavy atom. The summed E-state index contributed by atoms with van der Waals surface area (Å²) < 4.78 is 31.5. The van der Waals surface area contributed by atoms with E-state index in [1.54, 1.807) is 39.3 Å². The minimum absolute atomic E-state index is 0.194. The molecule has 1 unspecified atom stereocenters. The first-order valence-electron chi connectivity index (χ1n) is 7.24. The highest BCUT2D eigenvalue weighted by Crippen LogP contribution is 2.22. The molecule has 0 aliphatic carbocycles. The fourth-order valence-electron chi connectivity index (χ4n) is 2.34.